The van der Waals surface area contributed by atoms with Crippen molar-refractivity contribution in [2.75, 3.05) is 0 Å². The van der Waals surface area contributed by atoms with E-state index >= 15 is 0 Å². The number of rotatable bonds is 1. The third-order valence-electron chi connectivity index (χ3n) is 1.60. The van der Waals surface area contributed by atoms with Gasteiger partial charge in [-0.05, 0) is 17.9 Å². The molecular weight excluding hydrogens is 148 g/mol. The standard InChI is InChI=1S/C11H18O/c1-9(2)7-6-8-10(12)11(3,4)5/h10,12H,1,8H2,2-5H3/t10-/m0/s1. The fourth-order valence-corrected chi connectivity index (χ4v) is 0.605. The van der Waals surface area contributed by atoms with E-state index in [4.69, 9.17) is 0 Å². The van der Waals surface area contributed by atoms with Gasteiger partial charge in [-0.3, -0.25) is 0 Å². The van der Waals surface area contributed by atoms with E-state index in [1.54, 1.807) is 0 Å². The van der Waals surface area contributed by atoms with Gasteiger partial charge in [0.2, 0.25) is 0 Å². The van der Waals surface area contributed by atoms with E-state index in [9.17, 15) is 5.11 Å². The van der Waals surface area contributed by atoms with Gasteiger partial charge in [0, 0.05) is 6.42 Å². The Morgan fingerprint density at radius 2 is 2.00 bits per heavy atom. The summed E-state index contributed by atoms with van der Waals surface area (Å²) < 4.78 is 0. The van der Waals surface area contributed by atoms with E-state index in [-0.39, 0.29) is 11.5 Å². The van der Waals surface area contributed by atoms with Gasteiger partial charge in [-0.15, -0.1) is 0 Å². The average Bonchev–Trinajstić information content (AvgIpc) is 1.84. The van der Waals surface area contributed by atoms with Crippen LogP contribution in [0.1, 0.15) is 34.1 Å². The third kappa shape index (κ3) is 4.98. The van der Waals surface area contributed by atoms with Crippen molar-refractivity contribution in [1.29, 1.82) is 0 Å². The van der Waals surface area contributed by atoms with Gasteiger partial charge in [0.15, 0.2) is 0 Å². The van der Waals surface area contributed by atoms with Crippen LogP contribution in [0.3, 0.4) is 0 Å². The minimum absolute atomic E-state index is 0.0796. The number of hydrogen-bond acceptors (Lipinski definition) is 1. The first-order chi connectivity index (χ1) is 5.34. The molecule has 12 heavy (non-hydrogen) atoms. The molecule has 1 atom stereocenters. The Morgan fingerprint density at radius 1 is 1.50 bits per heavy atom. The topological polar surface area (TPSA) is 20.2 Å². The van der Waals surface area contributed by atoms with Gasteiger partial charge in [0.1, 0.15) is 0 Å². The van der Waals surface area contributed by atoms with E-state index in [1.165, 1.54) is 0 Å². The molecule has 0 aromatic rings. The number of aliphatic hydroxyl groups excluding tert-OH is 1. The highest BCUT2D eigenvalue weighted by Crippen LogP contribution is 2.20. The minimum Gasteiger partial charge on any atom is -0.392 e. The van der Waals surface area contributed by atoms with Crippen LogP contribution in [0.15, 0.2) is 12.2 Å². The van der Waals surface area contributed by atoms with Gasteiger partial charge in [-0.25, -0.2) is 0 Å². The molecule has 0 aliphatic carbocycles. The van der Waals surface area contributed by atoms with Gasteiger partial charge in [-0.1, -0.05) is 39.2 Å². The summed E-state index contributed by atoms with van der Waals surface area (Å²) in [4.78, 5) is 0. The molecule has 0 aromatic carbocycles. The van der Waals surface area contributed by atoms with Crippen molar-refractivity contribution in [3.05, 3.63) is 12.2 Å². The average molecular weight is 166 g/mol. The largest absolute Gasteiger partial charge is 0.392 e. The van der Waals surface area contributed by atoms with Crippen LogP contribution in [-0.2, 0) is 0 Å². The Bertz CT molecular complexity index is 209. The molecule has 0 saturated heterocycles. The molecule has 0 radical (unpaired) electrons. The molecule has 0 unspecified atom stereocenters. The second-order valence-electron chi connectivity index (χ2n) is 4.17. The van der Waals surface area contributed by atoms with Crippen molar-refractivity contribution in [3.63, 3.8) is 0 Å². The summed E-state index contributed by atoms with van der Waals surface area (Å²) in [6.45, 7) is 11.5. The predicted octanol–water partition coefficient (Wildman–Crippen LogP) is 2.36. The van der Waals surface area contributed by atoms with Crippen molar-refractivity contribution in [1.82, 2.24) is 0 Å². The van der Waals surface area contributed by atoms with Crippen LogP contribution in [0.2, 0.25) is 0 Å². The van der Waals surface area contributed by atoms with Crippen molar-refractivity contribution in [2.45, 2.75) is 40.2 Å². The maximum Gasteiger partial charge on any atom is 0.0697 e. The summed E-state index contributed by atoms with van der Waals surface area (Å²) in [5, 5.41) is 9.57. The van der Waals surface area contributed by atoms with Crippen LogP contribution in [0.4, 0.5) is 0 Å². The molecule has 0 aromatic heterocycles. The van der Waals surface area contributed by atoms with Crippen molar-refractivity contribution >= 4 is 0 Å². The SMILES string of the molecule is C=C(C)C#CC[C@H](O)C(C)(C)C. The summed E-state index contributed by atoms with van der Waals surface area (Å²) >= 11 is 0. The molecule has 0 saturated carbocycles. The molecule has 1 heteroatoms. The molecule has 1 nitrogen and oxygen atoms in total. The van der Waals surface area contributed by atoms with Gasteiger partial charge < -0.3 is 5.11 Å². The summed E-state index contributed by atoms with van der Waals surface area (Å²) in [7, 11) is 0. The van der Waals surface area contributed by atoms with E-state index in [1.807, 2.05) is 27.7 Å². The highest BCUT2D eigenvalue weighted by molar-refractivity contribution is 5.23. The first-order valence-corrected chi connectivity index (χ1v) is 4.16. The highest BCUT2D eigenvalue weighted by Gasteiger charge is 2.20. The Balaban J connectivity index is 3.98. The minimum atomic E-state index is -0.357. The molecule has 0 aliphatic rings. The normalized spacial score (nSPS) is 13.1. The molecule has 0 spiro atoms. The van der Waals surface area contributed by atoms with Crippen LogP contribution in [0.5, 0.6) is 0 Å². The number of allylic oxidation sites excluding steroid dienone is 1. The molecule has 0 heterocycles. The van der Waals surface area contributed by atoms with Crippen molar-refractivity contribution in [3.8, 4) is 11.8 Å². The second kappa shape index (κ2) is 4.33. The van der Waals surface area contributed by atoms with Crippen LogP contribution in [0.25, 0.3) is 0 Å². The molecule has 0 amide bonds. The van der Waals surface area contributed by atoms with Gasteiger partial charge in [0.25, 0.3) is 0 Å². The predicted molar refractivity (Wildman–Crippen MR) is 52.7 cm³/mol. The lowest BCUT2D eigenvalue weighted by Crippen LogP contribution is -2.25. The van der Waals surface area contributed by atoms with Crippen LogP contribution >= 0.6 is 0 Å². The molecule has 0 bridgehead atoms. The van der Waals surface area contributed by atoms with E-state index in [0.717, 1.165) is 5.57 Å². The van der Waals surface area contributed by atoms with Crippen molar-refractivity contribution in [2.24, 2.45) is 5.41 Å². The van der Waals surface area contributed by atoms with Gasteiger partial charge in [0.05, 0.1) is 6.10 Å². The molecule has 0 rings (SSSR count). The quantitative estimate of drug-likeness (QED) is 0.593. The fourth-order valence-electron chi connectivity index (χ4n) is 0.605. The zero-order valence-corrected chi connectivity index (χ0v) is 8.44. The van der Waals surface area contributed by atoms with Gasteiger partial charge in [-0.2, -0.15) is 0 Å². The summed E-state index contributed by atoms with van der Waals surface area (Å²) in [6, 6.07) is 0. The highest BCUT2D eigenvalue weighted by atomic mass is 16.3. The summed E-state index contributed by atoms with van der Waals surface area (Å²) in [6.07, 6.45) is 0.167. The zero-order valence-electron chi connectivity index (χ0n) is 8.44. The Kier molecular flexibility index (Phi) is 4.06. The zero-order chi connectivity index (χ0) is 9.78. The van der Waals surface area contributed by atoms with E-state index in [2.05, 4.69) is 18.4 Å². The van der Waals surface area contributed by atoms with E-state index < -0.39 is 0 Å². The Hall–Kier alpha value is -0.740. The van der Waals surface area contributed by atoms with Crippen LogP contribution in [-0.4, -0.2) is 11.2 Å². The molecular formula is C11H18O. The first-order valence-electron chi connectivity index (χ1n) is 4.16. The van der Waals surface area contributed by atoms with Gasteiger partial charge >= 0.3 is 0 Å². The maximum absolute atomic E-state index is 9.57. The Labute approximate surface area is 75.5 Å². The van der Waals surface area contributed by atoms with E-state index in [0.29, 0.717) is 6.42 Å². The van der Waals surface area contributed by atoms with Crippen molar-refractivity contribution < 1.29 is 5.11 Å². The second-order valence-corrected chi connectivity index (χ2v) is 4.17. The summed E-state index contributed by atoms with van der Waals surface area (Å²) in [5.41, 5.74) is 0.764. The number of hydrogen-bond donors (Lipinski definition) is 1. The lowest BCUT2D eigenvalue weighted by Gasteiger charge is -2.23. The first kappa shape index (κ1) is 11.3. The number of aliphatic hydroxyl groups is 1. The smallest absolute Gasteiger partial charge is 0.0697 e. The molecule has 0 fully saturated rings. The fraction of sp³-hybridized carbons (Fsp3) is 0.636. The lowest BCUT2D eigenvalue weighted by atomic mass is 9.87. The molecule has 0 aliphatic heterocycles. The molecule has 68 valence electrons. The van der Waals surface area contributed by atoms with Crippen LogP contribution in [0, 0.1) is 17.3 Å². The lowest BCUT2D eigenvalue weighted by molar-refractivity contribution is 0.0678. The van der Waals surface area contributed by atoms with Crippen LogP contribution < -0.4 is 0 Å². The Morgan fingerprint density at radius 3 is 2.33 bits per heavy atom. The monoisotopic (exact) mass is 166 g/mol. The summed E-state index contributed by atoms with van der Waals surface area (Å²) in [5.74, 6) is 5.74. The molecule has 1 N–H and O–H groups in total. The third-order valence-corrected chi connectivity index (χ3v) is 1.60. The maximum atomic E-state index is 9.57.